The number of hydrogen-bond acceptors (Lipinski definition) is 7. The van der Waals surface area contributed by atoms with E-state index in [1.165, 1.54) is 84.0 Å². The van der Waals surface area contributed by atoms with Crippen molar-refractivity contribution in [2.45, 2.75) is 110 Å². The number of nitrogens with zero attached hydrogens (tertiary/aromatic N) is 1. The lowest BCUT2D eigenvalue weighted by atomic mass is 10.0. The van der Waals surface area contributed by atoms with Crippen LogP contribution >= 0.6 is 7.82 Å². The number of quaternary nitrogens is 1. The maximum Gasteiger partial charge on any atom is 0.303 e. The number of likely N-dealkylation sites (N-methyl/N-ethyl adjacent to an activating group) is 1. The van der Waals surface area contributed by atoms with Crippen LogP contribution < -0.4 is 4.89 Å². The molecule has 9 heteroatoms. The highest BCUT2D eigenvalue weighted by atomic mass is 31.2. The predicted octanol–water partition coefficient (Wildman–Crippen LogP) is 5.62. The summed E-state index contributed by atoms with van der Waals surface area (Å²) in [6.07, 6.45) is 17.3. The van der Waals surface area contributed by atoms with Gasteiger partial charge in [-0.05, 0) is 6.42 Å². The fraction of sp³-hybridized carbons (Fsp3) is 0.962. The second-order valence-corrected chi connectivity index (χ2v) is 11.9. The molecule has 0 aliphatic rings. The highest BCUT2D eigenvalue weighted by molar-refractivity contribution is 7.45. The molecule has 0 aromatic heterocycles. The van der Waals surface area contributed by atoms with Crippen molar-refractivity contribution >= 4 is 13.8 Å². The van der Waals surface area contributed by atoms with Crippen LogP contribution in [0.15, 0.2) is 0 Å². The molecular weight excluding hydrogens is 469 g/mol. The van der Waals surface area contributed by atoms with Gasteiger partial charge in [-0.25, -0.2) is 0 Å². The lowest BCUT2D eigenvalue weighted by Crippen LogP contribution is -2.37. The molecule has 0 spiro atoms. The number of ether oxygens (including phenoxy) is 2. The molecule has 2 atom stereocenters. The Hall–Kier alpha value is -0.500. The molecule has 0 heterocycles. The first-order chi connectivity index (χ1) is 16.6. The van der Waals surface area contributed by atoms with Gasteiger partial charge in [0.1, 0.15) is 19.3 Å². The van der Waals surface area contributed by atoms with Crippen molar-refractivity contribution in [2.24, 2.45) is 0 Å². The highest BCUT2D eigenvalue weighted by Gasteiger charge is 2.19. The minimum atomic E-state index is -4.46. The Kier molecular flexibility index (Phi) is 21.3. The molecule has 0 aromatic rings. The van der Waals surface area contributed by atoms with Gasteiger partial charge in [-0.1, -0.05) is 90.4 Å². The Morgan fingerprint density at radius 2 is 1.26 bits per heavy atom. The van der Waals surface area contributed by atoms with E-state index in [1.807, 2.05) is 21.1 Å². The van der Waals surface area contributed by atoms with Gasteiger partial charge in [0.25, 0.3) is 7.82 Å². The zero-order valence-electron chi connectivity index (χ0n) is 23.3. The fourth-order valence-corrected chi connectivity index (χ4v) is 4.33. The zero-order valence-corrected chi connectivity index (χ0v) is 24.2. The number of unbranched alkanes of at least 4 members (excludes halogenated alkanes) is 13. The first-order valence-electron chi connectivity index (χ1n) is 13.7. The number of hydrogen-bond donors (Lipinski definition) is 0. The Bertz CT molecular complexity index is 554. The molecule has 0 aromatic carbocycles. The van der Waals surface area contributed by atoms with Gasteiger partial charge in [-0.2, -0.15) is 0 Å². The number of rotatable bonds is 25. The van der Waals surface area contributed by atoms with E-state index in [0.717, 1.165) is 12.8 Å². The van der Waals surface area contributed by atoms with E-state index in [0.29, 0.717) is 17.6 Å². The van der Waals surface area contributed by atoms with Crippen molar-refractivity contribution in [1.29, 1.82) is 0 Å². The van der Waals surface area contributed by atoms with Crippen LogP contribution in [0.25, 0.3) is 0 Å². The smallest absolute Gasteiger partial charge is 0.303 e. The minimum Gasteiger partial charge on any atom is -0.756 e. The van der Waals surface area contributed by atoms with Gasteiger partial charge >= 0.3 is 5.97 Å². The number of carbonyl (C=O) groups excluding carboxylic acids is 1. The van der Waals surface area contributed by atoms with Crippen LogP contribution in [0.2, 0.25) is 0 Å². The summed E-state index contributed by atoms with van der Waals surface area (Å²) in [7, 11) is 1.35. The summed E-state index contributed by atoms with van der Waals surface area (Å²) >= 11 is 0. The molecular formula is C26H54NO7P. The van der Waals surface area contributed by atoms with Crippen molar-refractivity contribution in [2.75, 3.05) is 54.1 Å². The average molecular weight is 524 g/mol. The van der Waals surface area contributed by atoms with Gasteiger partial charge in [-0.3, -0.25) is 9.36 Å². The van der Waals surface area contributed by atoms with Crippen LogP contribution in [0, 0.1) is 0 Å². The van der Waals surface area contributed by atoms with Crippen LogP contribution in [0.5, 0.6) is 0 Å². The van der Waals surface area contributed by atoms with E-state index in [9.17, 15) is 14.3 Å². The van der Waals surface area contributed by atoms with Crippen molar-refractivity contribution < 1.29 is 37.3 Å². The SMILES string of the molecule is CCCCCCCCCCCCCCCCOC[C@@H](COP(=O)([O-])OCC[N+](C)(C)C)OC(C)=O. The maximum absolute atomic E-state index is 11.9. The summed E-state index contributed by atoms with van der Waals surface area (Å²) in [5.74, 6) is -0.509. The summed E-state index contributed by atoms with van der Waals surface area (Å²) in [5, 5.41) is 0. The number of carbonyl (C=O) groups is 1. The molecule has 35 heavy (non-hydrogen) atoms. The van der Waals surface area contributed by atoms with E-state index < -0.39 is 19.9 Å². The lowest BCUT2D eigenvalue weighted by Gasteiger charge is -2.28. The molecule has 0 bridgehead atoms. The van der Waals surface area contributed by atoms with Crippen LogP contribution in [0.1, 0.15) is 104 Å². The van der Waals surface area contributed by atoms with Crippen molar-refractivity contribution in [1.82, 2.24) is 0 Å². The van der Waals surface area contributed by atoms with Crippen LogP contribution in [-0.4, -0.2) is 70.7 Å². The second kappa shape index (κ2) is 21.6. The second-order valence-electron chi connectivity index (χ2n) is 10.5. The van der Waals surface area contributed by atoms with Crippen molar-refractivity contribution in [3.63, 3.8) is 0 Å². The molecule has 0 aliphatic heterocycles. The van der Waals surface area contributed by atoms with E-state index in [-0.39, 0.29) is 19.8 Å². The Balaban J connectivity index is 3.77. The third-order valence-corrected chi connectivity index (χ3v) is 6.67. The summed E-state index contributed by atoms with van der Waals surface area (Å²) in [5.41, 5.74) is 0. The molecule has 0 fully saturated rings. The number of phosphoric ester groups is 1. The molecule has 0 aliphatic carbocycles. The predicted molar refractivity (Wildman–Crippen MR) is 139 cm³/mol. The molecule has 0 radical (unpaired) electrons. The minimum absolute atomic E-state index is 0.0259. The Morgan fingerprint density at radius 1 is 0.771 bits per heavy atom. The Labute approximate surface area is 215 Å². The largest absolute Gasteiger partial charge is 0.756 e. The molecule has 1 unspecified atom stereocenters. The van der Waals surface area contributed by atoms with E-state index in [1.54, 1.807) is 0 Å². The molecule has 0 N–H and O–H groups in total. The quantitative estimate of drug-likeness (QED) is 0.0663. The van der Waals surface area contributed by atoms with E-state index in [4.69, 9.17) is 18.5 Å². The van der Waals surface area contributed by atoms with Crippen LogP contribution in [0.3, 0.4) is 0 Å². The highest BCUT2D eigenvalue weighted by Crippen LogP contribution is 2.38. The number of esters is 1. The monoisotopic (exact) mass is 523 g/mol. The first-order valence-corrected chi connectivity index (χ1v) is 15.2. The third kappa shape index (κ3) is 26.4. The first kappa shape index (κ1) is 34.5. The summed E-state index contributed by atoms with van der Waals surface area (Å²) < 4.78 is 33.0. The van der Waals surface area contributed by atoms with E-state index in [2.05, 4.69) is 6.92 Å². The van der Waals surface area contributed by atoms with Gasteiger partial charge in [0.2, 0.25) is 0 Å². The van der Waals surface area contributed by atoms with Gasteiger partial charge in [-0.15, -0.1) is 0 Å². The molecule has 210 valence electrons. The van der Waals surface area contributed by atoms with Crippen molar-refractivity contribution in [3.8, 4) is 0 Å². The van der Waals surface area contributed by atoms with Crippen LogP contribution in [0.4, 0.5) is 0 Å². The maximum atomic E-state index is 11.9. The topological polar surface area (TPSA) is 94.1 Å². The normalized spacial score (nSPS) is 14.6. The molecule has 0 saturated heterocycles. The van der Waals surface area contributed by atoms with Gasteiger partial charge in [0.15, 0.2) is 0 Å². The van der Waals surface area contributed by atoms with Gasteiger partial charge in [0.05, 0.1) is 34.4 Å². The summed E-state index contributed by atoms with van der Waals surface area (Å²) in [6, 6.07) is 0. The molecule has 0 amide bonds. The Morgan fingerprint density at radius 3 is 1.71 bits per heavy atom. The zero-order chi connectivity index (χ0) is 26.4. The van der Waals surface area contributed by atoms with Crippen LogP contribution in [-0.2, 0) is 27.9 Å². The average Bonchev–Trinajstić information content (AvgIpc) is 2.75. The van der Waals surface area contributed by atoms with Gasteiger partial charge in [0, 0.05) is 13.5 Å². The van der Waals surface area contributed by atoms with Gasteiger partial charge < -0.3 is 27.9 Å². The summed E-state index contributed by atoms with van der Waals surface area (Å²) in [4.78, 5) is 23.2. The third-order valence-electron chi connectivity index (χ3n) is 5.71. The van der Waals surface area contributed by atoms with Crippen molar-refractivity contribution in [3.05, 3.63) is 0 Å². The van der Waals surface area contributed by atoms with E-state index >= 15 is 0 Å². The number of phosphoric acid groups is 1. The molecule has 0 saturated carbocycles. The molecule has 0 rings (SSSR count). The summed E-state index contributed by atoms with van der Waals surface area (Å²) in [6.45, 7) is 4.40. The molecule has 8 nitrogen and oxygen atoms in total. The standard InChI is InChI=1S/C26H54NO7P/c1-6-7-8-9-10-11-12-13-14-15-16-17-18-19-21-31-23-26(34-25(2)28)24-33-35(29,30)32-22-20-27(3,4)5/h26H,6-24H2,1-5H3/t26-/m0/s1. The lowest BCUT2D eigenvalue weighted by molar-refractivity contribution is -0.870. The fourth-order valence-electron chi connectivity index (χ4n) is 3.60.